The molecule has 0 fully saturated rings. The first-order valence-electron chi connectivity index (χ1n) is 12.3. The largest absolute Gasteiger partial charge is 0.494 e. The molecule has 0 aliphatic carbocycles. The van der Waals surface area contributed by atoms with Crippen LogP contribution in [0.15, 0.2) is 96.5 Å². The van der Waals surface area contributed by atoms with Crippen molar-refractivity contribution < 1.29 is 19.4 Å². The molecule has 36 heavy (non-hydrogen) atoms. The summed E-state index contributed by atoms with van der Waals surface area (Å²) in [5, 5.41) is 8.96. The van der Waals surface area contributed by atoms with Gasteiger partial charge >= 0.3 is 0 Å². The van der Waals surface area contributed by atoms with Gasteiger partial charge in [-0.1, -0.05) is 60.7 Å². The molecule has 0 bridgehead atoms. The zero-order chi connectivity index (χ0) is 25.0. The predicted molar refractivity (Wildman–Crippen MR) is 139 cm³/mol. The zero-order valence-electron chi connectivity index (χ0n) is 20.2. The third-order valence-electron chi connectivity index (χ3n) is 6.66. The van der Waals surface area contributed by atoms with E-state index in [1.54, 1.807) is 6.08 Å². The van der Waals surface area contributed by atoms with Crippen LogP contribution in [0.2, 0.25) is 0 Å². The predicted octanol–water partition coefficient (Wildman–Crippen LogP) is 4.82. The van der Waals surface area contributed by atoms with Crippen LogP contribution in [0.5, 0.6) is 5.75 Å². The maximum absolute atomic E-state index is 14.2. The fourth-order valence-corrected chi connectivity index (χ4v) is 4.91. The topological polar surface area (TPSA) is 71.4 Å². The van der Waals surface area contributed by atoms with E-state index in [9.17, 15) is 4.79 Å². The fourth-order valence-electron chi connectivity index (χ4n) is 4.91. The number of aliphatic hydroxyl groups is 1. The molecule has 1 amide bonds. The molecule has 0 radical (unpaired) electrons. The van der Waals surface area contributed by atoms with Crippen molar-refractivity contribution in [2.75, 3.05) is 13.2 Å². The van der Waals surface area contributed by atoms with Gasteiger partial charge in [-0.05, 0) is 35.4 Å². The summed E-state index contributed by atoms with van der Waals surface area (Å²) < 4.78 is 12.2. The van der Waals surface area contributed by atoms with Crippen molar-refractivity contribution in [1.29, 1.82) is 0 Å². The molecule has 184 valence electrons. The zero-order valence-corrected chi connectivity index (χ0v) is 20.2. The van der Waals surface area contributed by atoms with Crippen LogP contribution in [0.4, 0.5) is 0 Å². The van der Waals surface area contributed by atoms with E-state index in [1.807, 2.05) is 77.7 Å². The number of hydrogen-bond acceptors (Lipinski definition) is 5. The molecule has 6 nitrogen and oxygen atoms in total. The molecule has 1 N–H and O–H groups in total. The Labute approximate surface area is 211 Å². The summed E-state index contributed by atoms with van der Waals surface area (Å²) in [6.45, 7) is 5.47. The summed E-state index contributed by atoms with van der Waals surface area (Å²) >= 11 is 0. The minimum absolute atomic E-state index is 0.0635. The van der Waals surface area contributed by atoms with Gasteiger partial charge in [0.15, 0.2) is 11.6 Å². The number of fused-ring (bicyclic) bond motifs is 3. The van der Waals surface area contributed by atoms with E-state index in [2.05, 4.69) is 12.6 Å². The SMILES string of the molecule is C=CC[C@]12N=C(c3ccc(OCCCO)cc3)O[C@H]1c1ccccc1CN(Cc1ccccc1)C2=O. The van der Waals surface area contributed by atoms with Crippen LogP contribution in [-0.2, 0) is 22.6 Å². The molecule has 2 heterocycles. The lowest BCUT2D eigenvalue weighted by atomic mass is 9.84. The molecular formula is C30H30N2O4. The lowest BCUT2D eigenvalue weighted by Crippen LogP contribution is -2.47. The van der Waals surface area contributed by atoms with Crippen LogP contribution in [0.3, 0.4) is 0 Å². The second kappa shape index (κ2) is 10.4. The van der Waals surface area contributed by atoms with Crippen molar-refractivity contribution in [3.8, 4) is 5.75 Å². The van der Waals surface area contributed by atoms with E-state index in [-0.39, 0.29) is 12.5 Å². The first kappa shape index (κ1) is 23.8. The van der Waals surface area contributed by atoms with Crippen molar-refractivity contribution >= 4 is 11.8 Å². The number of rotatable bonds is 9. The normalized spacial score (nSPS) is 20.6. The van der Waals surface area contributed by atoms with Crippen LogP contribution in [0.1, 0.15) is 41.2 Å². The fraction of sp³-hybridized carbons (Fsp3) is 0.267. The van der Waals surface area contributed by atoms with E-state index in [0.717, 1.165) is 22.3 Å². The molecule has 3 aromatic carbocycles. The van der Waals surface area contributed by atoms with Gasteiger partial charge in [0, 0.05) is 43.7 Å². The summed E-state index contributed by atoms with van der Waals surface area (Å²) in [5.74, 6) is 1.08. The van der Waals surface area contributed by atoms with E-state index in [1.165, 1.54) is 0 Å². The highest BCUT2D eigenvalue weighted by molar-refractivity contribution is 6.01. The smallest absolute Gasteiger partial charge is 0.255 e. The molecule has 3 aromatic rings. The van der Waals surface area contributed by atoms with Gasteiger partial charge in [0.05, 0.1) is 6.61 Å². The molecule has 2 aliphatic rings. The molecule has 2 aliphatic heterocycles. The van der Waals surface area contributed by atoms with Crippen molar-refractivity contribution in [3.05, 3.63) is 114 Å². The van der Waals surface area contributed by atoms with Crippen molar-refractivity contribution in [2.24, 2.45) is 4.99 Å². The van der Waals surface area contributed by atoms with Crippen molar-refractivity contribution in [2.45, 2.75) is 37.6 Å². The Hall–Kier alpha value is -3.90. The van der Waals surface area contributed by atoms with Gasteiger partial charge < -0.3 is 19.5 Å². The minimum atomic E-state index is -1.13. The van der Waals surface area contributed by atoms with Crippen LogP contribution in [-0.4, -0.2) is 40.6 Å². The molecule has 0 saturated heterocycles. The Balaban J connectivity index is 1.53. The Kier molecular flexibility index (Phi) is 6.87. The van der Waals surface area contributed by atoms with Crippen LogP contribution < -0.4 is 4.74 Å². The van der Waals surface area contributed by atoms with E-state index >= 15 is 0 Å². The second-order valence-electron chi connectivity index (χ2n) is 9.13. The van der Waals surface area contributed by atoms with Gasteiger partial charge in [0.2, 0.25) is 5.90 Å². The monoisotopic (exact) mass is 482 g/mol. The number of aliphatic imine (C=N–C) groups is 1. The van der Waals surface area contributed by atoms with Crippen LogP contribution in [0, 0.1) is 0 Å². The highest BCUT2D eigenvalue weighted by Crippen LogP contribution is 2.47. The summed E-state index contributed by atoms with van der Waals surface area (Å²) in [6.07, 6.45) is 2.15. The summed E-state index contributed by atoms with van der Waals surface area (Å²) in [4.78, 5) is 21.1. The Bertz CT molecular complexity index is 1260. The molecule has 0 saturated carbocycles. The lowest BCUT2D eigenvalue weighted by molar-refractivity contribution is -0.140. The first-order valence-corrected chi connectivity index (χ1v) is 12.3. The van der Waals surface area contributed by atoms with Crippen LogP contribution in [0.25, 0.3) is 0 Å². The third-order valence-corrected chi connectivity index (χ3v) is 6.66. The van der Waals surface area contributed by atoms with Gasteiger partial charge in [0.25, 0.3) is 5.91 Å². The molecule has 6 heteroatoms. The maximum atomic E-state index is 14.2. The number of carbonyl (C=O) groups excluding carboxylic acids is 1. The highest BCUT2D eigenvalue weighted by atomic mass is 16.5. The van der Waals surface area contributed by atoms with E-state index in [0.29, 0.717) is 44.2 Å². The second-order valence-corrected chi connectivity index (χ2v) is 9.13. The van der Waals surface area contributed by atoms with Gasteiger partial charge in [0.1, 0.15) is 5.75 Å². The molecular weight excluding hydrogens is 452 g/mol. The molecule has 5 rings (SSSR count). The Morgan fingerprint density at radius 1 is 1.08 bits per heavy atom. The molecule has 2 atom stereocenters. The first-order chi connectivity index (χ1) is 17.6. The van der Waals surface area contributed by atoms with Gasteiger partial charge in [-0.3, -0.25) is 4.79 Å². The molecule has 0 unspecified atom stereocenters. The molecule has 0 spiro atoms. The van der Waals surface area contributed by atoms with E-state index in [4.69, 9.17) is 19.6 Å². The standard InChI is InChI=1S/C30H30N2O4/c1-2-17-30-27(36-28(31-30)23-13-15-25(16-14-23)35-19-8-18-33)26-12-7-6-11-24(26)21-32(29(30)34)20-22-9-4-3-5-10-22/h2-7,9-16,27,33H,1,8,17-21H2/t27-,30-/m0/s1. The quantitative estimate of drug-likeness (QED) is 0.351. The molecule has 0 aromatic heterocycles. The van der Waals surface area contributed by atoms with Crippen molar-refractivity contribution in [3.63, 3.8) is 0 Å². The number of ether oxygens (including phenoxy) is 2. The van der Waals surface area contributed by atoms with Gasteiger partial charge in [-0.25, -0.2) is 4.99 Å². The average molecular weight is 483 g/mol. The van der Waals surface area contributed by atoms with Gasteiger partial charge in [-0.2, -0.15) is 0 Å². The minimum Gasteiger partial charge on any atom is -0.494 e. The summed E-state index contributed by atoms with van der Waals surface area (Å²) in [5.41, 5.74) is 2.75. The number of benzene rings is 3. The number of aliphatic hydroxyl groups excluding tert-OH is 1. The number of hydrogen-bond donors (Lipinski definition) is 1. The average Bonchev–Trinajstić information content (AvgIpc) is 3.26. The third kappa shape index (κ3) is 4.52. The Morgan fingerprint density at radius 3 is 2.58 bits per heavy atom. The van der Waals surface area contributed by atoms with Crippen LogP contribution >= 0.6 is 0 Å². The Morgan fingerprint density at radius 2 is 1.83 bits per heavy atom. The van der Waals surface area contributed by atoms with Crippen molar-refractivity contribution in [1.82, 2.24) is 4.90 Å². The number of carbonyl (C=O) groups is 1. The summed E-state index contributed by atoms with van der Waals surface area (Å²) in [7, 11) is 0. The number of amides is 1. The lowest BCUT2D eigenvalue weighted by Gasteiger charge is -2.31. The highest BCUT2D eigenvalue weighted by Gasteiger charge is 2.56. The number of nitrogens with zero attached hydrogens (tertiary/aromatic N) is 2. The maximum Gasteiger partial charge on any atom is 0.255 e. The van der Waals surface area contributed by atoms with Gasteiger partial charge in [-0.15, -0.1) is 6.58 Å². The summed E-state index contributed by atoms with van der Waals surface area (Å²) in [6, 6.07) is 25.6. The van der Waals surface area contributed by atoms with E-state index < -0.39 is 11.6 Å².